The number of ether oxygens (including phenoxy) is 1. The van der Waals surface area contributed by atoms with Gasteiger partial charge in [-0.1, -0.05) is 32.0 Å². The average Bonchev–Trinajstić information content (AvgIpc) is 2.40. The first-order valence-corrected chi connectivity index (χ1v) is 6.52. The van der Waals surface area contributed by atoms with Crippen molar-refractivity contribution in [2.75, 3.05) is 5.73 Å². The highest BCUT2D eigenvalue weighted by atomic mass is 19.4. The summed E-state index contributed by atoms with van der Waals surface area (Å²) in [7, 11) is 0. The summed E-state index contributed by atoms with van der Waals surface area (Å²) in [6, 6.07) is 10.6. The van der Waals surface area contributed by atoms with Crippen LogP contribution in [0.1, 0.15) is 30.9 Å². The minimum absolute atomic E-state index is 0.0480. The van der Waals surface area contributed by atoms with Gasteiger partial charge in [-0.3, -0.25) is 0 Å². The molecule has 0 radical (unpaired) electrons. The summed E-state index contributed by atoms with van der Waals surface area (Å²) < 4.78 is 44.7. The lowest BCUT2D eigenvalue weighted by Gasteiger charge is -2.17. The molecular weight excluding hydrogens is 279 g/mol. The van der Waals surface area contributed by atoms with Gasteiger partial charge in [0.2, 0.25) is 0 Å². The Balaban J connectivity index is 2.46. The van der Waals surface area contributed by atoms with Gasteiger partial charge in [0.15, 0.2) is 0 Å². The van der Waals surface area contributed by atoms with Crippen molar-refractivity contribution in [3.63, 3.8) is 0 Å². The molecule has 112 valence electrons. The molecule has 0 spiro atoms. The standard InChI is InChI=1S/C16H16F3NO/c1-10(2)12-5-3-4-6-14(12)21-15-8-7-11(20)9-13(15)16(17,18)19/h3-10H,20H2,1-2H3. The van der Waals surface area contributed by atoms with Crippen molar-refractivity contribution in [2.45, 2.75) is 25.9 Å². The third-order valence-electron chi connectivity index (χ3n) is 3.07. The van der Waals surface area contributed by atoms with Gasteiger partial charge in [-0.25, -0.2) is 0 Å². The number of nitrogen functional groups attached to an aromatic ring is 1. The van der Waals surface area contributed by atoms with E-state index in [1.54, 1.807) is 12.1 Å². The maximum absolute atomic E-state index is 13.1. The van der Waals surface area contributed by atoms with Crippen molar-refractivity contribution in [1.29, 1.82) is 0 Å². The Bertz CT molecular complexity index is 636. The Kier molecular flexibility index (Phi) is 4.11. The van der Waals surface area contributed by atoms with Crippen LogP contribution in [-0.4, -0.2) is 0 Å². The molecule has 0 bridgehead atoms. The minimum atomic E-state index is -4.52. The normalized spacial score (nSPS) is 11.7. The van der Waals surface area contributed by atoms with Crippen LogP contribution in [0.15, 0.2) is 42.5 Å². The summed E-state index contributed by atoms with van der Waals surface area (Å²) in [4.78, 5) is 0. The fourth-order valence-corrected chi connectivity index (χ4v) is 2.03. The topological polar surface area (TPSA) is 35.2 Å². The number of anilines is 1. The molecule has 2 N–H and O–H groups in total. The molecule has 0 saturated heterocycles. The first-order chi connectivity index (χ1) is 9.79. The molecule has 21 heavy (non-hydrogen) atoms. The van der Waals surface area contributed by atoms with Crippen LogP contribution < -0.4 is 10.5 Å². The maximum Gasteiger partial charge on any atom is 0.420 e. The molecule has 0 atom stereocenters. The smallest absolute Gasteiger partial charge is 0.420 e. The van der Waals surface area contributed by atoms with Gasteiger partial charge in [0.25, 0.3) is 0 Å². The van der Waals surface area contributed by atoms with E-state index < -0.39 is 11.7 Å². The second-order valence-corrected chi connectivity index (χ2v) is 5.05. The molecule has 2 aromatic carbocycles. The van der Waals surface area contributed by atoms with E-state index in [0.717, 1.165) is 11.6 Å². The van der Waals surface area contributed by atoms with Gasteiger partial charge in [-0.2, -0.15) is 13.2 Å². The quantitative estimate of drug-likeness (QED) is 0.789. The molecule has 2 aromatic rings. The Hall–Kier alpha value is -2.17. The van der Waals surface area contributed by atoms with Crippen molar-refractivity contribution >= 4 is 5.69 Å². The van der Waals surface area contributed by atoms with Gasteiger partial charge < -0.3 is 10.5 Å². The zero-order valence-corrected chi connectivity index (χ0v) is 11.7. The molecule has 0 heterocycles. The van der Waals surface area contributed by atoms with E-state index in [1.807, 2.05) is 26.0 Å². The first kappa shape index (κ1) is 15.2. The predicted octanol–water partition coefficient (Wildman–Crippen LogP) is 5.20. The Labute approximate surface area is 121 Å². The van der Waals surface area contributed by atoms with E-state index in [2.05, 4.69) is 0 Å². The average molecular weight is 295 g/mol. The molecule has 0 aliphatic rings. The third-order valence-corrected chi connectivity index (χ3v) is 3.07. The monoisotopic (exact) mass is 295 g/mol. The van der Waals surface area contributed by atoms with Crippen molar-refractivity contribution in [3.05, 3.63) is 53.6 Å². The number of hydrogen-bond donors (Lipinski definition) is 1. The van der Waals surface area contributed by atoms with E-state index in [0.29, 0.717) is 5.75 Å². The molecule has 5 heteroatoms. The molecule has 2 nitrogen and oxygen atoms in total. The fourth-order valence-electron chi connectivity index (χ4n) is 2.03. The maximum atomic E-state index is 13.1. The van der Waals surface area contributed by atoms with Crippen LogP contribution in [0.4, 0.5) is 18.9 Å². The lowest BCUT2D eigenvalue weighted by atomic mass is 10.0. The van der Waals surface area contributed by atoms with Crippen molar-refractivity contribution in [3.8, 4) is 11.5 Å². The van der Waals surface area contributed by atoms with Crippen LogP contribution in [0.25, 0.3) is 0 Å². The second kappa shape index (κ2) is 5.68. The van der Waals surface area contributed by atoms with Gasteiger partial charge in [-0.05, 0) is 35.7 Å². The lowest BCUT2D eigenvalue weighted by Crippen LogP contribution is -2.08. The van der Waals surface area contributed by atoms with Crippen LogP contribution in [0.3, 0.4) is 0 Å². The molecule has 0 saturated carbocycles. The SMILES string of the molecule is CC(C)c1ccccc1Oc1ccc(N)cc1C(F)(F)F. The summed E-state index contributed by atoms with van der Waals surface area (Å²) in [6.07, 6.45) is -4.52. The fraction of sp³-hybridized carbons (Fsp3) is 0.250. The van der Waals surface area contributed by atoms with Gasteiger partial charge in [-0.15, -0.1) is 0 Å². The summed E-state index contributed by atoms with van der Waals surface area (Å²) in [5, 5.41) is 0. The molecule has 0 amide bonds. The number of benzene rings is 2. The highest BCUT2D eigenvalue weighted by molar-refractivity contribution is 5.51. The third kappa shape index (κ3) is 3.48. The van der Waals surface area contributed by atoms with E-state index in [-0.39, 0.29) is 17.4 Å². The minimum Gasteiger partial charge on any atom is -0.456 e. The second-order valence-electron chi connectivity index (χ2n) is 5.05. The van der Waals surface area contributed by atoms with Crippen LogP contribution in [0.5, 0.6) is 11.5 Å². The van der Waals surface area contributed by atoms with E-state index in [9.17, 15) is 13.2 Å². The van der Waals surface area contributed by atoms with E-state index >= 15 is 0 Å². The number of para-hydroxylation sites is 1. The number of rotatable bonds is 3. The number of alkyl halides is 3. The zero-order valence-electron chi connectivity index (χ0n) is 11.7. The van der Waals surface area contributed by atoms with Crippen LogP contribution >= 0.6 is 0 Å². The highest BCUT2D eigenvalue weighted by Crippen LogP contribution is 2.40. The summed E-state index contributed by atoms with van der Waals surface area (Å²) in [6.45, 7) is 3.91. The largest absolute Gasteiger partial charge is 0.456 e. The Morgan fingerprint density at radius 3 is 2.29 bits per heavy atom. The van der Waals surface area contributed by atoms with Crippen molar-refractivity contribution < 1.29 is 17.9 Å². The lowest BCUT2D eigenvalue weighted by molar-refractivity contribution is -0.138. The Morgan fingerprint density at radius 1 is 1.00 bits per heavy atom. The van der Waals surface area contributed by atoms with Crippen molar-refractivity contribution in [1.82, 2.24) is 0 Å². The molecule has 2 rings (SSSR count). The zero-order chi connectivity index (χ0) is 15.6. The predicted molar refractivity (Wildman–Crippen MR) is 76.5 cm³/mol. The molecule has 0 aliphatic heterocycles. The van der Waals surface area contributed by atoms with Gasteiger partial charge >= 0.3 is 6.18 Å². The van der Waals surface area contributed by atoms with Crippen LogP contribution in [0.2, 0.25) is 0 Å². The molecule has 0 unspecified atom stereocenters. The molecule has 0 aromatic heterocycles. The summed E-state index contributed by atoms with van der Waals surface area (Å²) >= 11 is 0. The van der Waals surface area contributed by atoms with Gasteiger partial charge in [0.1, 0.15) is 17.1 Å². The number of hydrogen-bond acceptors (Lipinski definition) is 2. The van der Waals surface area contributed by atoms with Gasteiger partial charge in [0, 0.05) is 5.69 Å². The summed E-state index contributed by atoms with van der Waals surface area (Å²) in [5.74, 6) is 0.317. The highest BCUT2D eigenvalue weighted by Gasteiger charge is 2.35. The van der Waals surface area contributed by atoms with Crippen LogP contribution in [-0.2, 0) is 6.18 Å². The van der Waals surface area contributed by atoms with Crippen LogP contribution in [0, 0.1) is 0 Å². The first-order valence-electron chi connectivity index (χ1n) is 6.52. The van der Waals surface area contributed by atoms with Gasteiger partial charge in [0.05, 0.1) is 0 Å². The molecule has 0 fully saturated rings. The van der Waals surface area contributed by atoms with E-state index in [4.69, 9.17) is 10.5 Å². The molecule has 0 aliphatic carbocycles. The number of halogens is 3. The van der Waals surface area contributed by atoms with Crippen molar-refractivity contribution in [2.24, 2.45) is 0 Å². The molecular formula is C16H16F3NO. The Morgan fingerprint density at radius 2 is 1.67 bits per heavy atom. The number of nitrogens with two attached hydrogens (primary N) is 1. The summed E-state index contributed by atoms with van der Waals surface area (Å²) in [5.41, 5.74) is 5.46. The van der Waals surface area contributed by atoms with E-state index in [1.165, 1.54) is 12.1 Å².